The summed E-state index contributed by atoms with van der Waals surface area (Å²) in [6, 6.07) is 58.0. The van der Waals surface area contributed by atoms with E-state index in [-0.39, 0.29) is 14.5 Å². The van der Waals surface area contributed by atoms with Gasteiger partial charge in [0.1, 0.15) is 0 Å². The molecule has 0 unspecified atom stereocenters. The summed E-state index contributed by atoms with van der Waals surface area (Å²) in [4.78, 5) is 0. The molecular weight excluding hydrogens is 611 g/mol. The quantitative estimate of drug-likeness (QED) is 0.171. The van der Waals surface area contributed by atoms with Crippen molar-refractivity contribution in [2.24, 2.45) is 0 Å². The van der Waals surface area contributed by atoms with Gasteiger partial charge in [-0.2, -0.15) is 0 Å². The van der Waals surface area contributed by atoms with Gasteiger partial charge < -0.3 is 0 Å². The topological polar surface area (TPSA) is 9.86 Å². The van der Waals surface area contributed by atoms with Crippen LogP contribution < -0.4 is 0 Å². The molecule has 0 N–H and O–H groups in total. The van der Waals surface area contributed by atoms with Crippen molar-refractivity contribution >= 4 is 77.4 Å². The summed E-state index contributed by atoms with van der Waals surface area (Å²) in [6.07, 6.45) is 0. The van der Waals surface area contributed by atoms with Crippen LogP contribution in [0, 0.1) is 0 Å². The Morgan fingerprint density at radius 3 is 1.71 bits per heavy atom. The first-order valence-corrected chi connectivity index (χ1v) is 17.1. The molecule has 45 heavy (non-hydrogen) atoms. The van der Waals surface area contributed by atoms with Crippen LogP contribution in [0.15, 0.2) is 158 Å². The molecule has 3 aromatic heterocycles. The van der Waals surface area contributed by atoms with Crippen LogP contribution in [0.1, 0.15) is 0 Å². The summed E-state index contributed by atoms with van der Waals surface area (Å²) in [5.74, 6) is 0. The summed E-state index contributed by atoms with van der Waals surface area (Å²) in [5, 5.41) is 7.85. The van der Waals surface area contributed by atoms with Crippen LogP contribution in [0.4, 0.5) is 0 Å². The molecule has 7 aromatic carbocycles. The van der Waals surface area contributed by atoms with Crippen LogP contribution in [-0.4, -0.2) is 23.6 Å². The molecule has 0 aliphatic rings. The third-order valence-electron chi connectivity index (χ3n) is 9.32. The van der Waals surface area contributed by atoms with Crippen molar-refractivity contribution in [2.75, 3.05) is 0 Å². The predicted molar refractivity (Wildman–Crippen MR) is 193 cm³/mol. The average Bonchev–Trinajstić information content (AvgIpc) is 3.76. The van der Waals surface area contributed by atoms with E-state index >= 15 is 0 Å². The zero-order valence-electron chi connectivity index (χ0n) is 24.3. The molecule has 3 heteroatoms. The van der Waals surface area contributed by atoms with Crippen molar-refractivity contribution < 1.29 is 0 Å². The van der Waals surface area contributed by atoms with Crippen LogP contribution in [-0.2, 0) is 0 Å². The fourth-order valence-electron chi connectivity index (χ4n) is 7.42. The third kappa shape index (κ3) is 3.57. The molecule has 210 valence electrons. The Kier molecular flexibility index (Phi) is 5.33. The molecule has 0 aliphatic heterocycles. The number of benzene rings is 7. The average molecular weight is 638 g/mol. The van der Waals surface area contributed by atoms with Crippen LogP contribution in [0.2, 0.25) is 0 Å². The molecule has 0 spiro atoms. The number of hydrogen-bond acceptors (Lipinski definition) is 0. The first kappa shape index (κ1) is 25.0. The number of nitrogens with zero attached hydrogens (tertiary/aromatic N) is 2. The molecule has 0 radical (unpaired) electrons. The molecule has 0 aliphatic carbocycles. The van der Waals surface area contributed by atoms with Gasteiger partial charge in [-0.1, -0.05) is 12.1 Å². The molecule has 0 fully saturated rings. The zero-order chi connectivity index (χ0) is 29.5. The number of rotatable bonds is 3. The van der Waals surface area contributed by atoms with E-state index in [9.17, 15) is 0 Å². The van der Waals surface area contributed by atoms with Gasteiger partial charge in [-0.3, -0.25) is 0 Å². The van der Waals surface area contributed by atoms with Gasteiger partial charge in [0.25, 0.3) is 0 Å². The van der Waals surface area contributed by atoms with Crippen LogP contribution in [0.5, 0.6) is 0 Å². The van der Waals surface area contributed by atoms with E-state index < -0.39 is 0 Å². The van der Waals surface area contributed by atoms with Gasteiger partial charge in [0, 0.05) is 0 Å². The fraction of sp³-hybridized carbons (Fsp3) is 0. The molecule has 2 nitrogen and oxygen atoms in total. The van der Waals surface area contributed by atoms with Crippen molar-refractivity contribution in [3.63, 3.8) is 0 Å². The van der Waals surface area contributed by atoms with E-state index in [4.69, 9.17) is 0 Å². The molecule has 0 bridgehead atoms. The summed E-state index contributed by atoms with van der Waals surface area (Å²) < 4.78 is 7.85. The molecule has 0 amide bonds. The second-order valence-electron chi connectivity index (χ2n) is 11.7. The SMILES string of the molecule is c1ccc(-c2cccc3c2[se]c2cccc(-n4c5ccccc5c5cc(-n6c7ccccc7c7ccccc76)ccc54)c23)cc1. The van der Waals surface area contributed by atoms with Gasteiger partial charge in [0.2, 0.25) is 0 Å². The molecular formula is C42H26N2Se. The third-order valence-corrected chi connectivity index (χ3v) is 11.8. The standard InChI is InChI=1S/C42H26N2Se/c1-2-12-27(13-3-1)29-17-10-18-33-41-39(22-11-23-40(41)45-42(29)33)44-37-21-9-6-16-32(37)34-26-28(24-25-38(34)44)43-35-19-7-4-14-30(35)31-15-5-8-20-36(31)43/h1-26H. The van der Waals surface area contributed by atoms with E-state index in [1.807, 2.05) is 0 Å². The van der Waals surface area contributed by atoms with E-state index in [0.717, 1.165) is 0 Å². The first-order valence-electron chi connectivity index (χ1n) is 15.4. The Labute approximate surface area is 265 Å². The summed E-state index contributed by atoms with van der Waals surface area (Å²) >= 11 is 0.232. The van der Waals surface area contributed by atoms with Gasteiger partial charge in [-0.05, 0) is 0 Å². The van der Waals surface area contributed by atoms with Crippen molar-refractivity contribution in [3.8, 4) is 22.5 Å². The number of para-hydroxylation sites is 3. The zero-order valence-corrected chi connectivity index (χ0v) is 26.0. The van der Waals surface area contributed by atoms with E-state index in [0.29, 0.717) is 0 Å². The van der Waals surface area contributed by atoms with Crippen molar-refractivity contribution in [2.45, 2.75) is 0 Å². The molecule has 0 atom stereocenters. The van der Waals surface area contributed by atoms with E-state index in [2.05, 4.69) is 167 Å². The minimum absolute atomic E-state index is 0.232. The van der Waals surface area contributed by atoms with E-state index in [1.165, 1.54) is 85.4 Å². The molecule has 10 rings (SSSR count). The second-order valence-corrected chi connectivity index (χ2v) is 13.9. The summed E-state index contributed by atoms with van der Waals surface area (Å²) in [6.45, 7) is 0. The van der Waals surface area contributed by atoms with Gasteiger partial charge in [-0.15, -0.1) is 0 Å². The Morgan fingerprint density at radius 2 is 0.978 bits per heavy atom. The summed E-state index contributed by atoms with van der Waals surface area (Å²) in [5.41, 5.74) is 10.0. The van der Waals surface area contributed by atoms with Gasteiger partial charge in [-0.25, -0.2) is 0 Å². The van der Waals surface area contributed by atoms with Crippen molar-refractivity contribution in [3.05, 3.63) is 158 Å². The minimum atomic E-state index is 0.232. The summed E-state index contributed by atoms with van der Waals surface area (Å²) in [7, 11) is 0. The van der Waals surface area contributed by atoms with Gasteiger partial charge >= 0.3 is 255 Å². The van der Waals surface area contributed by atoms with Gasteiger partial charge in [0.05, 0.1) is 0 Å². The normalized spacial score (nSPS) is 12.0. The maximum atomic E-state index is 2.50. The first-order chi connectivity index (χ1) is 22.3. The molecule has 0 saturated heterocycles. The van der Waals surface area contributed by atoms with Gasteiger partial charge in [0.15, 0.2) is 0 Å². The Balaban J connectivity index is 1.27. The van der Waals surface area contributed by atoms with Crippen LogP contribution in [0.3, 0.4) is 0 Å². The molecule has 0 saturated carbocycles. The van der Waals surface area contributed by atoms with E-state index in [1.54, 1.807) is 0 Å². The Bertz CT molecular complexity index is 2710. The number of aromatic nitrogens is 2. The Morgan fingerprint density at radius 1 is 0.400 bits per heavy atom. The predicted octanol–water partition coefficient (Wildman–Crippen LogP) is 10.9. The molecule has 10 aromatic rings. The monoisotopic (exact) mass is 638 g/mol. The second kappa shape index (κ2) is 9.58. The van der Waals surface area contributed by atoms with Crippen LogP contribution >= 0.6 is 0 Å². The fourth-order valence-corrected chi connectivity index (χ4v) is 10.1. The van der Waals surface area contributed by atoms with Crippen LogP contribution in [0.25, 0.3) is 85.4 Å². The molecule has 3 heterocycles. The maximum absolute atomic E-state index is 2.50. The van der Waals surface area contributed by atoms with Crippen molar-refractivity contribution in [1.29, 1.82) is 0 Å². The number of hydrogen-bond donors (Lipinski definition) is 0. The number of fused-ring (bicyclic) bond motifs is 9. The van der Waals surface area contributed by atoms with Crippen molar-refractivity contribution in [1.82, 2.24) is 9.13 Å². The Hall–Kier alpha value is -5.34.